The van der Waals surface area contributed by atoms with Gasteiger partial charge in [-0.25, -0.2) is 0 Å². The highest BCUT2D eigenvalue weighted by Crippen LogP contribution is 2.34. The minimum atomic E-state index is 0.590. The van der Waals surface area contributed by atoms with Gasteiger partial charge in [0.2, 0.25) is 0 Å². The Balaban J connectivity index is 1.79. The Hall–Kier alpha value is -2.64. The van der Waals surface area contributed by atoms with Gasteiger partial charge in [0.25, 0.3) is 0 Å². The van der Waals surface area contributed by atoms with Gasteiger partial charge in [0, 0.05) is 41.6 Å². The van der Waals surface area contributed by atoms with E-state index >= 15 is 0 Å². The zero-order valence-corrected chi connectivity index (χ0v) is 13.1. The minimum Gasteiger partial charge on any atom is -0.361 e. The number of H-pyrrole nitrogens is 1. The van der Waals surface area contributed by atoms with Crippen LogP contribution in [0.5, 0.6) is 0 Å². The van der Waals surface area contributed by atoms with Crippen molar-refractivity contribution in [3.05, 3.63) is 54.0 Å². The monoisotopic (exact) mass is 302 g/mol. The van der Waals surface area contributed by atoms with Crippen molar-refractivity contribution >= 4 is 10.9 Å². The Bertz CT molecular complexity index is 903. The normalized spacial score (nSPS) is 18.3. The first-order valence-corrected chi connectivity index (χ1v) is 7.89. The topological polar surface area (TPSA) is 55.7 Å². The molecule has 2 aromatic heterocycles. The van der Waals surface area contributed by atoms with Crippen molar-refractivity contribution in [2.24, 2.45) is 0 Å². The molecule has 1 unspecified atom stereocenters. The average Bonchev–Trinajstić information content (AvgIpc) is 3.20. The number of likely N-dealkylation sites (tertiary alicyclic amines) is 1. The molecule has 0 spiro atoms. The number of aromatic nitrogens is 2. The molecule has 1 aromatic carbocycles. The van der Waals surface area contributed by atoms with E-state index in [4.69, 9.17) is 5.26 Å². The third kappa shape index (κ3) is 2.49. The second-order valence-corrected chi connectivity index (χ2v) is 6.33. The van der Waals surface area contributed by atoms with E-state index in [-0.39, 0.29) is 0 Å². The van der Waals surface area contributed by atoms with Gasteiger partial charge in [0.1, 0.15) is 6.07 Å². The summed E-state index contributed by atoms with van der Waals surface area (Å²) in [5, 5.41) is 10.3. The summed E-state index contributed by atoms with van der Waals surface area (Å²) in [5.41, 5.74) is 5.25. The molecular weight excluding hydrogens is 284 g/mol. The van der Waals surface area contributed by atoms with Crippen LogP contribution in [0.3, 0.4) is 0 Å². The maximum absolute atomic E-state index is 9.06. The van der Waals surface area contributed by atoms with Crippen LogP contribution in [-0.4, -0.2) is 35.0 Å². The van der Waals surface area contributed by atoms with Gasteiger partial charge in [0.15, 0.2) is 0 Å². The molecule has 114 valence electrons. The van der Waals surface area contributed by atoms with Crippen LogP contribution in [0.1, 0.15) is 23.5 Å². The minimum absolute atomic E-state index is 0.590. The van der Waals surface area contributed by atoms with E-state index < -0.39 is 0 Å². The number of aromatic amines is 1. The molecule has 0 radical (unpaired) electrons. The molecule has 1 saturated heterocycles. The highest BCUT2D eigenvalue weighted by molar-refractivity contribution is 5.88. The predicted octanol–water partition coefficient (Wildman–Crippen LogP) is 3.52. The molecule has 1 atom stereocenters. The van der Waals surface area contributed by atoms with E-state index in [1.54, 1.807) is 6.20 Å². The number of pyridine rings is 1. The Kier molecular flexibility index (Phi) is 3.36. The first kappa shape index (κ1) is 14.0. The number of hydrogen-bond donors (Lipinski definition) is 1. The number of nitrogens with zero attached hydrogens (tertiary/aromatic N) is 3. The lowest BCUT2D eigenvalue weighted by molar-refractivity contribution is 0.412. The van der Waals surface area contributed by atoms with Crippen LogP contribution in [0.15, 0.2) is 42.9 Å². The summed E-state index contributed by atoms with van der Waals surface area (Å²) >= 11 is 0. The van der Waals surface area contributed by atoms with Crippen molar-refractivity contribution in [1.29, 1.82) is 5.26 Å². The van der Waals surface area contributed by atoms with E-state index in [0.717, 1.165) is 24.2 Å². The van der Waals surface area contributed by atoms with E-state index in [2.05, 4.69) is 52.4 Å². The zero-order chi connectivity index (χ0) is 15.8. The van der Waals surface area contributed by atoms with Crippen molar-refractivity contribution in [3.63, 3.8) is 0 Å². The lowest BCUT2D eigenvalue weighted by Gasteiger charge is -2.10. The second-order valence-electron chi connectivity index (χ2n) is 6.33. The molecule has 4 rings (SSSR count). The first-order chi connectivity index (χ1) is 11.2. The lowest BCUT2D eigenvalue weighted by atomic mass is 9.96. The third-order valence-electron chi connectivity index (χ3n) is 4.75. The summed E-state index contributed by atoms with van der Waals surface area (Å²) in [6.07, 6.45) is 6.77. The quantitative estimate of drug-likeness (QED) is 0.788. The van der Waals surface area contributed by atoms with Gasteiger partial charge < -0.3 is 9.88 Å². The van der Waals surface area contributed by atoms with Gasteiger partial charge in [-0.05, 0) is 55.3 Å². The molecular formula is C19H18N4. The standard InChI is InChI=1S/C19H18N4/c1-23-5-4-15(12-23)18-11-22-19-3-2-14(7-17(18)19)16-6-13(8-20)9-21-10-16/h2-3,6-7,9-11,15,22H,4-5,12H2,1H3. The van der Waals surface area contributed by atoms with Crippen molar-refractivity contribution in [2.45, 2.75) is 12.3 Å². The van der Waals surface area contributed by atoms with Crippen molar-refractivity contribution in [2.75, 3.05) is 20.1 Å². The summed E-state index contributed by atoms with van der Waals surface area (Å²) in [4.78, 5) is 9.95. The zero-order valence-electron chi connectivity index (χ0n) is 13.1. The summed E-state index contributed by atoms with van der Waals surface area (Å²) < 4.78 is 0. The van der Waals surface area contributed by atoms with Gasteiger partial charge in [-0.2, -0.15) is 5.26 Å². The van der Waals surface area contributed by atoms with Crippen LogP contribution in [0.2, 0.25) is 0 Å². The number of nitrogens with one attached hydrogen (secondary N) is 1. The van der Waals surface area contributed by atoms with Gasteiger partial charge in [-0.1, -0.05) is 6.07 Å². The fourth-order valence-corrected chi connectivity index (χ4v) is 3.51. The van der Waals surface area contributed by atoms with Crippen LogP contribution < -0.4 is 0 Å². The fourth-order valence-electron chi connectivity index (χ4n) is 3.51. The number of hydrogen-bond acceptors (Lipinski definition) is 3. The molecule has 1 N–H and O–H groups in total. The number of fused-ring (bicyclic) bond motifs is 1. The Labute approximate surface area is 135 Å². The van der Waals surface area contributed by atoms with E-state index in [1.807, 2.05) is 12.3 Å². The molecule has 0 saturated carbocycles. The lowest BCUT2D eigenvalue weighted by Crippen LogP contribution is -2.13. The Morgan fingerprint density at radius 1 is 1.26 bits per heavy atom. The van der Waals surface area contributed by atoms with Crippen molar-refractivity contribution in [1.82, 2.24) is 14.9 Å². The summed E-state index contributed by atoms with van der Waals surface area (Å²) in [6, 6.07) is 10.5. The van der Waals surface area contributed by atoms with Crippen LogP contribution in [0.25, 0.3) is 22.0 Å². The molecule has 1 aliphatic heterocycles. The third-order valence-corrected chi connectivity index (χ3v) is 4.75. The predicted molar refractivity (Wildman–Crippen MR) is 91.1 cm³/mol. The van der Waals surface area contributed by atoms with Crippen LogP contribution in [-0.2, 0) is 0 Å². The van der Waals surface area contributed by atoms with Gasteiger partial charge in [-0.15, -0.1) is 0 Å². The molecule has 4 heteroatoms. The highest BCUT2D eigenvalue weighted by atomic mass is 15.1. The highest BCUT2D eigenvalue weighted by Gasteiger charge is 2.23. The second kappa shape index (κ2) is 5.53. The number of nitriles is 1. The van der Waals surface area contributed by atoms with Crippen LogP contribution >= 0.6 is 0 Å². The number of likely N-dealkylation sites (N-methyl/N-ethyl adjacent to an activating group) is 1. The molecule has 3 heterocycles. The average molecular weight is 302 g/mol. The largest absolute Gasteiger partial charge is 0.361 e. The van der Waals surface area contributed by atoms with Crippen molar-refractivity contribution in [3.8, 4) is 17.2 Å². The van der Waals surface area contributed by atoms with E-state index in [1.165, 1.54) is 22.9 Å². The maximum Gasteiger partial charge on any atom is 0.101 e. The molecule has 0 bridgehead atoms. The molecule has 0 amide bonds. The molecule has 1 fully saturated rings. The fraction of sp³-hybridized carbons (Fsp3) is 0.263. The molecule has 3 aromatic rings. The van der Waals surface area contributed by atoms with Gasteiger partial charge in [0.05, 0.1) is 5.56 Å². The summed E-state index contributed by atoms with van der Waals surface area (Å²) in [6.45, 7) is 2.27. The molecule has 4 nitrogen and oxygen atoms in total. The van der Waals surface area contributed by atoms with E-state index in [9.17, 15) is 0 Å². The maximum atomic E-state index is 9.06. The van der Waals surface area contributed by atoms with E-state index in [0.29, 0.717) is 11.5 Å². The SMILES string of the molecule is CN1CCC(c2c[nH]c3ccc(-c4cncc(C#N)c4)cc23)C1. The Morgan fingerprint density at radius 3 is 2.96 bits per heavy atom. The first-order valence-electron chi connectivity index (χ1n) is 7.89. The van der Waals surface area contributed by atoms with Gasteiger partial charge >= 0.3 is 0 Å². The van der Waals surface area contributed by atoms with Crippen LogP contribution in [0, 0.1) is 11.3 Å². The van der Waals surface area contributed by atoms with Crippen molar-refractivity contribution < 1.29 is 0 Å². The number of benzene rings is 1. The molecule has 23 heavy (non-hydrogen) atoms. The smallest absolute Gasteiger partial charge is 0.101 e. The number of rotatable bonds is 2. The molecule has 1 aliphatic rings. The summed E-state index contributed by atoms with van der Waals surface area (Å²) in [5.74, 6) is 0.590. The Morgan fingerprint density at radius 2 is 2.17 bits per heavy atom. The molecule has 0 aliphatic carbocycles. The van der Waals surface area contributed by atoms with Crippen LogP contribution in [0.4, 0.5) is 0 Å². The van der Waals surface area contributed by atoms with Gasteiger partial charge in [-0.3, -0.25) is 4.98 Å². The summed E-state index contributed by atoms with van der Waals surface area (Å²) in [7, 11) is 2.18.